The van der Waals surface area contributed by atoms with Crippen LogP contribution in [0, 0.1) is 0 Å². The highest BCUT2D eigenvalue weighted by Gasteiger charge is 2.61. The van der Waals surface area contributed by atoms with E-state index in [1.807, 2.05) is 36.4 Å². The molecule has 1 unspecified atom stereocenters. The van der Waals surface area contributed by atoms with Crippen LogP contribution < -0.4 is 15.1 Å². The van der Waals surface area contributed by atoms with Gasteiger partial charge in [-0.3, -0.25) is 24.2 Å². The molecule has 2 aliphatic rings. The Bertz CT molecular complexity index is 1220. The van der Waals surface area contributed by atoms with E-state index in [0.717, 1.165) is 0 Å². The number of amides is 3. The Hall–Kier alpha value is -3.29. The van der Waals surface area contributed by atoms with Gasteiger partial charge in [0.25, 0.3) is 5.91 Å². The van der Waals surface area contributed by atoms with Crippen molar-refractivity contribution in [1.82, 2.24) is 0 Å². The average molecular weight is 464 g/mol. The summed E-state index contributed by atoms with van der Waals surface area (Å²) in [6.07, 6.45) is 0. The Kier molecular flexibility index (Phi) is 5.15. The molecule has 0 saturated carbocycles. The standard InChI is InChI=1S/C24H18ClN3O3S/c25-16-10-12-18(13-11-16)28-22(30)15-32-24(28)19-8-4-5-9-20(19)27(23(24)31)14-21(29)26-17-6-2-1-3-7-17/h1-13H,14-15H2,(H,26,29). The summed E-state index contributed by atoms with van der Waals surface area (Å²) in [5, 5.41) is 3.36. The number of para-hydroxylation sites is 2. The van der Waals surface area contributed by atoms with Gasteiger partial charge in [-0.25, -0.2) is 0 Å². The van der Waals surface area contributed by atoms with Crippen LogP contribution in [0.3, 0.4) is 0 Å². The molecule has 3 aromatic rings. The third kappa shape index (κ3) is 3.25. The molecule has 1 spiro atoms. The predicted molar refractivity (Wildman–Crippen MR) is 127 cm³/mol. The monoisotopic (exact) mass is 463 g/mol. The van der Waals surface area contributed by atoms with E-state index in [0.29, 0.717) is 27.6 Å². The van der Waals surface area contributed by atoms with E-state index in [9.17, 15) is 14.4 Å². The van der Waals surface area contributed by atoms with Crippen molar-refractivity contribution in [3.63, 3.8) is 0 Å². The van der Waals surface area contributed by atoms with Gasteiger partial charge >= 0.3 is 0 Å². The number of rotatable bonds is 4. The predicted octanol–water partition coefficient (Wildman–Crippen LogP) is 4.26. The molecule has 3 amide bonds. The number of carbonyl (C=O) groups excluding carboxylic acids is 3. The summed E-state index contributed by atoms with van der Waals surface area (Å²) in [4.78, 5) is 41.4. The molecule has 2 heterocycles. The molecule has 0 aliphatic carbocycles. The number of hydrogen-bond acceptors (Lipinski definition) is 4. The summed E-state index contributed by atoms with van der Waals surface area (Å²) in [5.41, 5.74) is 2.56. The van der Waals surface area contributed by atoms with E-state index in [-0.39, 0.29) is 30.0 Å². The second-order valence-corrected chi connectivity index (χ2v) is 9.07. The molecular formula is C24H18ClN3O3S. The van der Waals surface area contributed by atoms with Crippen molar-refractivity contribution in [3.8, 4) is 0 Å². The summed E-state index contributed by atoms with van der Waals surface area (Å²) in [7, 11) is 0. The van der Waals surface area contributed by atoms with Gasteiger partial charge in [0, 0.05) is 22.0 Å². The molecule has 160 valence electrons. The molecule has 0 radical (unpaired) electrons. The van der Waals surface area contributed by atoms with Crippen LogP contribution in [0.5, 0.6) is 0 Å². The van der Waals surface area contributed by atoms with E-state index in [1.165, 1.54) is 21.6 Å². The molecule has 32 heavy (non-hydrogen) atoms. The number of nitrogens with one attached hydrogen (secondary N) is 1. The molecular weight excluding hydrogens is 446 g/mol. The number of nitrogens with zero attached hydrogens (tertiary/aromatic N) is 2. The minimum absolute atomic E-state index is 0.157. The lowest BCUT2D eigenvalue weighted by Gasteiger charge is -2.33. The molecule has 2 aliphatic heterocycles. The van der Waals surface area contributed by atoms with Gasteiger partial charge in [0.15, 0.2) is 0 Å². The van der Waals surface area contributed by atoms with E-state index in [2.05, 4.69) is 5.32 Å². The Morgan fingerprint density at radius 3 is 2.41 bits per heavy atom. The van der Waals surface area contributed by atoms with Crippen LogP contribution in [0.25, 0.3) is 0 Å². The minimum atomic E-state index is -1.26. The van der Waals surface area contributed by atoms with Crippen molar-refractivity contribution in [2.75, 3.05) is 27.4 Å². The van der Waals surface area contributed by atoms with Gasteiger partial charge in [0.1, 0.15) is 6.54 Å². The van der Waals surface area contributed by atoms with Crippen LogP contribution in [0.2, 0.25) is 5.02 Å². The SMILES string of the molecule is O=C(CN1C(=O)C2(SCC(=O)N2c2ccc(Cl)cc2)c2ccccc21)Nc1ccccc1. The maximum atomic E-state index is 13.9. The fourth-order valence-corrected chi connectivity index (χ4v) is 5.65. The molecule has 0 bridgehead atoms. The molecule has 6 nitrogen and oxygen atoms in total. The van der Waals surface area contributed by atoms with Crippen LogP contribution in [0.1, 0.15) is 5.56 Å². The Balaban J connectivity index is 1.53. The second-order valence-electron chi connectivity index (χ2n) is 7.46. The zero-order valence-electron chi connectivity index (χ0n) is 16.8. The number of fused-ring (bicyclic) bond motifs is 2. The first kappa shape index (κ1) is 20.6. The van der Waals surface area contributed by atoms with Crippen molar-refractivity contribution >= 4 is 58.1 Å². The van der Waals surface area contributed by atoms with Crippen molar-refractivity contribution in [3.05, 3.63) is 89.4 Å². The van der Waals surface area contributed by atoms with E-state index < -0.39 is 4.87 Å². The largest absolute Gasteiger partial charge is 0.325 e. The molecule has 1 fully saturated rings. The first-order valence-corrected chi connectivity index (χ1v) is 11.4. The van der Waals surface area contributed by atoms with Gasteiger partial charge in [-0.15, -0.1) is 11.8 Å². The number of hydrogen-bond donors (Lipinski definition) is 1. The third-order valence-electron chi connectivity index (χ3n) is 5.51. The van der Waals surface area contributed by atoms with Crippen LogP contribution in [0.15, 0.2) is 78.9 Å². The van der Waals surface area contributed by atoms with Crippen molar-refractivity contribution < 1.29 is 14.4 Å². The van der Waals surface area contributed by atoms with Crippen LogP contribution in [0.4, 0.5) is 17.1 Å². The van der Waals surface area contributed by atoms with E-state index in [4.69, 9.17) is 11.6 Å². The lowest BCUT2D eigenvalue weighted by molar-refractivity contribution is -0.124. The van der Waals surface area contributed by atoms with Gasteiger partial charge in [-0.1, -0.05) is 48.0 Å². The number of halogens is 1. The topological polar surface area (TPSA) is 69.7 Å². The minimum Gasteiger partial charge on any atom is -0.325 e. The fraction of sp³-hybridized carbons (Fsp3) is 0.125. The normalized spacial score (nSPS) is 19.5. The first-order chi connectivity index (χ1) is 15.5. The Morgan fingerprint density at radius 1 is 0.969 bits per heavy atom. The lowest BCUT2D eigenvalue weighted by atomic mass is 10.0. The smallest absolute Gasteiger partial charge is 0.269 e. The maximum absolute atomic E-state index is 13.9. The van der Waals surface area contributed by atoms with Crippen LogP contribution >= 0.6 is 23.4 Å². The van der Waals surface area contributed by atoms with Gasteiger partial charge in [-0.2, -0.15) is 0 Å². The summed E-state index contributed by atoms with van der Waals surface area (Å²) in [5.74, 6) is -0.639. The Morgan fingerprint density at radius 2 is 1.66 bits per heavy atom. The molecule has 0 aromatic heterocycles. The number of carbonyl (C=O) groups is 3. The van der Waals surface area contributed by atoms with Gasteiger partial charge in [0.2, 0.25) is 16.7 Å². The van der Waals surface area contributed by atoms with Crippen molar-refractivity contribution in [2.24, 2.45) is 0 Å². The quantitative estimate of drug-likeness (QED) is 0.627. The van der Waals surface area contributed by atoms with Crippen molar-refractivity contribution in [1.29, 1.82) is 0 Å². The van der Waals surface area contributed by atoms with E-state index in [1.54, 1.807) is 42.5 Å². The second kappa shape index (κ2) is 8.00. The number of benzene rings is 3. The molecule has 8 heteroatoms. The van der Waals surface area contributed by atoms with E-state index >= 15 is 0 Å². The average Bonchev–Trinajstić information content (AvgIpc) is 3.26. The maximum Gasteiger partial charge on any atom is 0.269 e. The highest BCUT2D eigenvalue weighted by molar-refractivity contribution is 8.02. The highest BCUT2D eigenvalue weighted by Crippen LogP contribution is 2.55. The highest BCUT2D eigenvalue weighted by atomic mass is 35.5. The lowest BCUT2D eigenvalue weighted by Crippen LogP contribution is -2.50. The van der Waals surface area contributed by atoms with Crippen molar-refractivity contribution in [2.45, 2.75) is 4.87 Å². The molecule has 3 aromatic carbocycles. The summed E-state index contributed by atoms with van der Waals surface area (Å²) < 4.78 is 0. The summed E-state index contributed by atoms with van der Waals surface area (Å²) in [6, 6.07) is 23.2. The fourth-order valence-electron chi connectivity index (χ4n) is 4.17. The molecule has 1 N–H and O–H groups in total. The van der Waals surface area contributed by atoms with Gasteiger partial charge in [-0.05, 0) is 42.5 Å². The molecule has 1 atom stereocenters. The zero-order valence-corrected chi connectivity index (χ0v) is 18.4. The summed E-state index contributed by atoms with van der Waals surface area (Å²) >= 11 is 7.31. The molecule has 5 rings (SSSR count). The molecule has 1 saturated heterocycles. The third-order valence-corrected chi connectivity index (χ3v) is 7.15. The first-order valence-electron chi connectivity index (χ1n) is 9.99. The number of thioether (sulfide) groups is 1. The van der Waals surface area contributed by atoms with Crippen LogP contribution in [-0.2, 0) is 19.3 Å². The van der Waals surface area contributed by atoms with Crippen LogP contribution in [-0.4, -0.2) is 30.0 Å². The Labute approximate surface area is 194 Å². The summed E-state index contributed by atoms with van der Waals surface area (Å²) in [6.45, 7) is -0.157. The van der Waals surface area contributed by atoms with Gasteiger partial charge < -0.3 is 5.32 Å². The number of anilines is 3. The van der Waals surface area contributed by atoms with Gasteiger partial charge in [0.05, 0.1) is 11.4 Å². The zero-order chi connectivity index (χ0) is 22.3.